The Labute approximate surface area is 210 Å². The van der Waals surface area contributed by atoms with Crippen molar-refractivity contribution in [2.45, 2.75) is 5.16 Å². The lowest BCUT2D eigenvalue weighted by Gasteiger charge is -2.12. The molecule has 2 N–H and O–H groups in total. The zero-order valence-electron chi connectivity index (χ0n) is 18.2. The van der Waals surface area contributed by atoms with Crippen LogP contribution in [0.4, 0.5) is 5.69 Å². The van der Waals surface area contributed by atoms with Crippen LogP contribution in [0.1, 0.15) is 5.56 Å². The highest BCUT2D eigenvalue weighted by atomic mass is 35.5. The van der Waals surface area contributed by atoms with Crippen molar-refractivity contribution in [2.24, 2.45) is 0 Å². The quantitative estimate of drug-likeness (QED) is 0.189. The van der Waals surface area contributed by atoms with E-state index >= 15 is 0 Å². The molecule has 0 unspecified atom stereocenters. The molecule has 4 rings (SSSR count). The molecule has 0 aliphatic carbocycles. The monoisotopic (exact) mass is 506 g/mol. The van der Waals surface area contributed by atoms with E-state index in [9.17, 15) is 14.9 Å². The maximum atomic E-state index is 12.5. The lowest BCUT2D eigenvalue weighted by Crippen LogP contribution is -2.37. The van der Waals surface area contributed by atoms with E-state index in [2.05, 4.69) is 27.6 Å². The summed E-state index contributed by atoms with van der Waals surface area (Å²) in [5.74, 6) is 0.325. The van der Waals surface area contributed by atoms with E-state index in [4.69, 9.17) is 11.6 Å². The van der Waals surface area contributed by atoms with E-state index in [1.165, 1.54) is 23.9 Å². The maximum absolute atomic E-state index is 12.5. The number of nitro groups is 1. The molecule has 0 bridgehead atoms. The smallest absolute Gasteiger partial charge is 0.270 e. The van der Waals surface area contributed by atoms with Gasteiger partial charge in [0.2, 0.25) is 5.91 Å². The van der Waals surface area contributed by atoms with Crippen molar-refractivity contribution in [3.63, 3.8) is 0 Å². The van der Waals surface area contributed by atoms with E-state index in [0.29, 0.717) is 27.3 Å². The van der Waals surface area contributed by atoms with Crippen LogP contribution in [0.15, 0.2) is 90.6 Å². The molecule has 35 heavy (non-hydrogen) atoms. The molecule has 11 heteroatoms. The van der Waals surface area contributed by atoms with E-state index in [-0.39, 0.29) is 17.3 Å². The predicted molar refractivity (Wildman–Crippen MR) is 136 cm³/mol. The number of nitro benzene ring substituents is 1. The summed E-state index contributed by atoms with van der Waals surface area (Å²) < 4.78 is 1.87. The number of non-ortho nitro benzene ring substituents is 1. The van der Waals surface area contributed by atoms with Gasteiger partial charge >= 0.3 is 0 Å². The van der Waals surface area contributed by atoms with Crippen molar-refractivity contribution in [1.29, 1.82) is 0 Å². The van der Waals surface area contributed by atoms with Crippen molar-refractivity contribution < 1.29 is 9.72 Å². The number of nitrogens with zero attached hydrogens (tertiary/aromatic N) is 4. The summed E-state index contributed by atoms with van der Waals surface area (Å²) in [7, 11) is 0. The minimum absolute atomic E-state index is 0.0425. The number of hydrogen-bond donors (Lipinski definition) is 2. The number of hydrazine groups is 1. The molecular formula is C24H19ClN6O3S. The van der Waals surface area contributed by atoms with Crippen molar-refractivity contribution in [2.75, 3.05) is 5.75 Å². The van der Waals surface area contributed by atoms with Crippen LogP contribution in [0.5, 0.6) is 0 Å². The van der Waals surface area contributed by atoms with Gasteiger partial charge in [-0.25, -0.2) is 0 Å². The Bertz CT molecular complexity index is 1380. The fraction of sp³-hybridized carbons (Fsp3) is 0.0417. The first kappa shape index (κ1) is 24.0. The van der Waals surface area contributed by atoms with Gasteiger partial charge in [-0.1, -0.05) is 60.3 Å². The summed E-state index contributed by atoms with van der Waals surface area (Å²) in [5, 5.41) is 20.7. The van der Waals surface area contributed by atoms with Crippen LogP contribution in [-0.4, -0.2) is 31.3 Å². The number of halogens is 1. The summed E-state index contributed by atoms with van der Waals surface area (Å²) in [5.41, 5.74) is 7.68. The number of para-hydroxylation sites is 1. The maximum Gasteiger partial charge on any atom is 0.270 e. The van der Waals surface area contributed by atoms with Crippen LogP contribution in [0.25, 0.3) is 22.8 Å². The number of rotatable bonds is 9. The van der Waals surface area contributed by atoms with Crippen LogP contribution < -0.4 is 10.9 Å². The summed E-state index contributed by atoms with van der Waals surface area (Å²) in [4.78, 5) is 22.9. The zero-order chi connectivity index (χ0) is 24.8. The van der Waals surface area contributed by atoms with Gasteiger partial charge in [0.15, 0.2) is 11.0 Å². The van der Waals surface area contributed by atoms with Gasteiger partial charge in [0, 0.05) is 34.0 Å². The van der Waals surface area contributed by atoms with E-state index in [1.54, 1.807) is 24.3 Å². The number of carbonyl (C=O) groups excluding carboxylic acids is 1. The summed E-state index contributed by atoms with van der Waals surface area (Å²) in [6, 6.07) is 22.8. The minimum Gasteiger partial charge on any atom is -0.299 e. The average molecular weight is 507 g/mol. The van der Waals surface area contributed by atoms with E-state index in [1.807, 2.05) is 47.0 Å². The minimum atomic E-state index is -0.493. The second-order valence-corrected chi connectivity index (χ2v) is 8.61. The molecule has 3 aromatic carbocycles. The summed E-state index contributed by atoms with van der Waals surface area (Å²) >= 11 is 7.24. The highest BCUT2D eigenvalue weighted by Crippen LogP contribution is 2.28. The lowest BCUT2D eigenvalue weighted by molar-refractivity contribution is -0.384. The van der Waals surface area contributed by atoms with Gasteiger partial charge in [-0.2, -0.15) is 0 Å². The zero-order valence-corrected chi connectivity index (χ0v) is 19.8. The molecule has 1 aromatic heterocycles. The summed E-state index contributed by atoms with van der Waals surface area (Å²) in [6.07, 6.45) is 0. The fourth-order valence-corrected chi connectivity index (χ4v) is 4.03. The van der Waals surface area contributed by atoms with Gasteiger partial charge in [-0.05, 0) is 36.4 Å². The Morgan fingerprint density at radius 1 is 1.03 bits per heavy atom. The van der Waals surface area contributed by atoms with Crippen LogP contribution in [0.3, 0.4) is 0 Å². The molecule has 0 saturated heterocycles. The number of hydrogen-bond acceptors (Lipinski definition) is 7. The van der Waals surface area contributed by atoms with E-state index in [0.717, 1.165) is 11.3 Å². The molecule has 176 valence electrons. The van der Waals surface area contributed by atoms with Gasteiger partial charge in [0.1, 0.15) is 0 Å². The number of thioether (sulfide) groups is 1. The molecule has 0 fully saturated rings. The Morgan fingerprint density at radius 3 is 2.49 bits per heavy atom. The molecule has 0 saturated carbocycles. The van der Waals surface area contributed by atoms with Crippen LogP contribution in [0.2, 0.25) is 5.02 Å². The number of nitrogens with one attached hydrogen (secondary N) is 2. The van der Waals surface area contributed by atoms with Gasteiger partial charge in [0.05, 0.1) is 16.4 Å². The third kappa shape index (κ3) is 5.86. The third-order valence-electron chi connectivity index (χ3n) is 4.84. The Balaban J connectivity index is 1.45. The fourth-order valence-electron chi connectivity index (χ4n) is 3.15. The van der Waals surface area contributed by atoms with Crippen molar-refractivity contribution in [3.8, 4) is 17.1 Å². The highest BCUT2D eigenvalue weighted by Gasteiger charge is 2.17. The van der Waals surface area contributed by atoms with E-state index < -0.39 is 4.92 Å². The van der Waals surface area contributed by atoms with Gasteiger partial charge in [-0.15, -0.1) is 10.2 Å². The first-order chi connectivity index (χ1) is 16.9. The molecule has 0 aliphatic rings. The molecule has 0 spiro atoms. The van der Waals surface area contributed by atoms with Crippen molar-refractivity contribution in [3.05, 3.63) is 106 Å². The predicted octanol–water partition coefficient (Wildman–Crippen LogP) is 4.88. The van der Waals surface area contributed by atoms with Crippen LogP contribution in [0, 0.1) is 10.1 Å². The van der Waals surface area contributed by atoms with Crippen LogP contribution in [-0.2, 0) is 4.79 Å². The molecule has 1 heterocycles. The first-order valence-electron chi connectivity index (χ1n) is 10.3. The lowest BCUT2D eigenvalue weighted by atomic mass is 10.1. The average Bonchev–Trinajstić information content (AvgIpc) is 3.31. The molecular weight excluding hydrogens is 488 g/mol. The van der Waals surface area contributed by atoms with Crippen LogP contribution >= 0.6 is 23.4 Å². The molecule has 0 atom stereocenters. The van der Waals surface area contributed by atoms with Gasteiger partial charge in [-0.3, -0.25) is 30.3 Å². The molecule has 4 aromatic rings. The number of carbonyl (C=O) groups is 1. The molecule has 1 amide bonds. The third-order valence-corrected chi connectivity index (χ3v) is 6.02. The second-order valence-electron chi connectivity index (χ2n) is 7.23. The second kappa shape index (κ2) is 10.9. The van der Waals surface area contributed by atoms with Crippen molar-refractivity contribution in [1.82, 2.24) is 25.6 Å². The van der Waals surface area contributed by atoms with Gasteiger partial charge < -0.3 is 0 Å². The van der Waals surface area contributed by atoms with Gasteiger partial charge in [0.25, 0.3) is 5.69 Å². The van der Waals surface area contributed by atoms with Crippen molar-refractivity contribution >= 4 is 40.7 Å². The standard InChI is InChI=1S/C24H19ClN6O3S/c1-16(18-6-5-9-21(14-18)31(33)34)26-27-22(32)15-35-24-29-28-23(17-10-12-19(25)13-11-17)30(24)20-7-3-2-4-8-20/h2-14,26H,1,15H2,(H,27,32). The largest absolute Gasteiger partial charge is 0.299 e. The normalized spacial score (nSPS) is 10.5. The molecule has 0 aliphatic heterocycles. The molecule has 0 radical (unpaired) electrons. The SMILES string of the molecule is C=C(NNC(=O)CSc1nnc(-c2ccc(Cl)cc2)n1-c1ccccc1)c1cccc([N+](=O)[O-])c1. The Morgan fingerprint density at radius 2 is 1.77 bits per heavy atom. The number of benzene rings is 3. The Hall–Kier alpha value is -4.15. The number of aromatic nitrogens is 3. The topological polar surface area (TPSA) is 115 Å². The highest BCUT2D eigenvalue weighted by molar-refractivity contribution is 7.99. The first-order valence-corrected chi connectivity index (χ1v) is 11.7. The number of amides is 1. The summed E-state index contributed by atoms with van der Waals surface area (Å²) in [6.45, 7) is 3.82. The molecule has 9 nitrogen and oxygen atoms in total. The Kier molecular flexibility index (Phi) is 7.44.